The first-order valence-corrected chi connectivity index (χ1v) is 19.0. The van der Waals surface area contributed by atoms with Crippen LogP contribution in [-0.2, 0) is 19.0 Å². The Hall–Kier alpha value is -1.90. The molecule has 5 heterocycles. The summed E-state index contributed by atoms with van der Waals surface area (Å²) in [4.78, 5) is 33.2. The third kappa shape index (κ3) is 7.13. The van der Waals surface area contributed by atoms with Crippen molar-refractivity contribution < 1.29 is 32.6 Å². The lowest BCUT2D eigenvalue weighted by atomic mass is 9.71. The second-order valence-corrected chi connectivity index (χ2v) is 15.4. The van der Waals surface area contributed by atoms with E-state index in [1.54, 1.807) is 4.90 Å². The number of urea groups is 1. The number of alkyl halides is 2. The van der Waals surface area contributed by atoms with Crippen molar-refractivity contribution >= 4 is 11.9 Å². The highest BCUT2D eigenvalue weighted by atomic mass is 19.1. The number of nitrogens with one attached hydrogen (secondary N) is 3. The maximum Gasteiger partial charge on any atom is 0.320 e. The topological polar surface area (TPSA) is 108 Å². The zero-order valence-electron chi connectivity index (χ0n) is 30.1. The summed E-state index contributed by atoms with van der Waals surface area (Å²) in [6.45, 7) is 17.4. The van der Waals surface area contributed by atoms with Crippen molar-refractivity contribution in [3.63, 3.8) is 0 Å². The number of hydrogen-bond donors (Lipinski definition) is 3. The molecule has 14 atom stereocenters. The van der Waals surface area contributed by atoms with Crippen molar-refractivity contribution in [2.45, 2.75) is 134 Å². The SMILES string of the molecule is C=CC(=O)N1CCN(C2NC(=O)N3C4NC(C(F)CC42)C2C(F)CCCC2OCC(OCC)C(OCC)C2CCNC(C(C)C)C23)[C@@H](C)C1. The molecular formula is C36H60F2N6O5. The zero-order valence-corrected chi connectivity index (χ0v) is 30.1. The van der Waals surface area contributed by atoms with Crippen LogP contribution in [0.5, 0.6) is 0 Å². The molecule has 0 aromatic carbocycles. The first-order valence-electron chi connectivity index (χ1n) is 19.0. The molecule has 6 rings (SSSR count). The standard InChI is InChI=1S/C36H60F2N6O5/c1-7-28(45)42-15-16-43(21(6)18-42)34-23-17-25(38)31-29-24(37)11-10-12-26(29)49-19-27(47-8-2)33(48-9-3)22-13-14-39-30(20(4)5)32(22)44(35(23)40-31)36(46)41-34/h7,20-27,29-35,39-40H,1,8-19H2,2-6H3,(H,41,46)/t21-,22?,23?,24?,25?,26?,27?,29?,30?,31?,32?,33?,34?,35?/m0/s1. The van der Waals surface area contributed by atoms with Crippen LogP contribution in [0, 0.1) is 23.7 Å². The highest BCUT2D eigenvalue weighted by Crippen LogP contribution is 2.44. The summed E-state index contributed by atoms with van der Waals surface area (Å²) >= 11 is 0. The minimum absolute atomic E-state index is 0.0668. The van der Waals surface area contributed by atoms with Gasteiger partial charge < -0.3 is 34.6 Å². The van der Waals surface area contributed by atoms with Gasteiger partial charge in [0, 0.05) is 68.7 Å². The predicted octanol–water partition coefficient (Wildman–Crippen LogP) is 3.05. The van der Waals surface area contributed by atoms with Gasteiger partial charge in [-0.15, -0.1) is 0 Å². The first kappa shape index (κ1) is 36.9. The third-order valence-corrected chi connectivity index (χ3v) is 12.3. The lowest BCUT2D eigenvalue weighted by molar-refractivity contribution is -0.176. The van der Waals surface area contributed by atoms with E-state index in [9.17, 15) is 9.59 Å². The van der Waals surface area contributed by atoms with Gasteiger partial charge in [-0.05, 0) is 71.4 Å². The maximum atomic E-state index is 16.8. The summed E-state index contributed by atoms with van der Waals surface area (Å²) in [5, 5.41) is 10.7. The van der Waals surface area contributed by atoms with Gasteiger partial charge >= 0.3 is 6.03 Å². The van der Waals surface area contributed by atoms with Crippen LogP contribution in [0.1, 0.15) is 66.7 Å². The predicted molar refractivity (Wildman–Crippen MR) is 182 cm³/mol. The van der Waals surface area contributed by atoms with Crippen LogP contribution in [0.25, 0.3) is 0 Å². The molecule has 6 aliphatic rings. The van der Waals surface area contributed by atoms with E-state index in [1.165, 1.54) is 6.08 Å². The van der Waals surface area contributed by atoms with Gasteiger partial charge in [-0.25, -0.2) is 13.6 Å². The molecule has 5 aliphatic heterocycles. The fraction of sp³-hybridized carbons (Fsp3) is 0.889. The Bertz CT molecular complexity index is 1170. The molecule has 0 radical (unpaired) electrons. The molecular weight excluding hydrogens is 634 g/mol. The molecule has 1 aliphatic carbocycles. The van der Waals surface area contributed by atoms with E-state index in [0.717, 1.165) is 13.0 Å². The monoisotopic (exact) mass is 694 g/mol. The number of nitrogens with zero attached hydrogens (tertiary/aromatic N) is 3. The Morgan fingerprint density at radius 2 is 1.86 bits per heavy atom. The van der Waals surface area contributed by atoms with Gasteiger partial charge in [0.15, 0.2) is 0 Å². The number of carbonyl (C=O) groups excluding carboxylic acids is 2. The summed E-state index contributed by atoms with van der Waals surface area (Å²) < 4.78 is 52.5. The van der Waals surface area contributed by atoms with Gasteiger partial charge in [0.25, 0.3) is 0 Å². The number of amides is 3. The number of carbonyl (C=O) groups is 2. The number of piperazine rings is 1. The number of rotatable bonds is 7. The highest BCUT2D eigenvalue weighted by molar-refractivity contribution is 5.87. The Labute approximate surface area is 291 Å². The molecule has 3 N–H and O–H groups in total. The van der Waals surface area contributed by atoms with E-state index in [4.69, 9.17) is 14.2 Å². The zero-order chi connectivity index (χ0) is 35.0. The average Bonchev–Trinajstić information content (AvgIpc) is 3.08. The van der Waals surface area contributed by atoms with E-state index >= 15 is 8.78 Å². The minimum Gasteiger partial charge on any atom is -0.375 e. The van der Waals surface area contributed by atoms with Gasteiger partial charge in [0.1, 0.15) is 18.4 Å². The largest absolute Gasteiger partial charge is 0.375 e. The van der Waals surface area contributed by atoms with Crippen LogP contribution in [0.3, 0.4) is 0 Å². The Morgan fingerprint density at radius 1 is 1.08 bits per heavy atom. The second kappa shape index (κ2) is 15.8. The van der Waals surface area contributed by atoms with Gasteiger partial charge in [0.05, 0.1) is 37.2 Å². The molecule has 13 heteroatoms. The van der Waals surface area contributed by atoms with E-state index in [2.05, 4.69) is 41.3 Å². The van der Waals surface area contributed by atoms with Crippen LogP contribution in [0.4, 0.5) is 13.6 Å². The third-order valence-electron chi connectivity index (χ3n) is 12.3. The summed E-state index contributed by atoms with van der Waals surface area (Å²) in [6.07, 6.45) is -0.908. The van der Waals surface area contributed by atoms with Crippen molar-refractivity contribution in [2.24, 2.45) is 23.7 Å². The lowest BCUT2D eigenvalue weighted by Gasteiger charge is -2.61. The van der Waals surface area contributed by atoms with E-state index in [-0.39, 0.29) is 66.9 Å². The molecule has 6 fully saturated rings. The molecule has 11 nitrogen and oxygen atoms in total. The number of ether oxygens (including phenoxy) is 3. The molecule has 13 unspecified atom stereocenters. The molecule has 1 saturated carbocycles. The van der Waals surface area contributed by atoms with E-state index in [1.807, 2.05) is 25.7 Å². The summed E-state index contributed by atoms with van der Waals surface area (Å²) in [6, 6.07) is -1.49. The summed E-state index contributed by atoms with van der Waals surface area (Å²) in [7, 11) is 0. The van der Waals surface area contributed by atoms with Crippen molar-refractivity contribution in [1.29, 1.82) is 0 Å². The highest BCUT2D eigenvalue weighted by Gasteiger charge is 2.59. The van der Waals surface area contributed by atoms with E-state index < -0.39 is 48.8 Å². The van der Waals surface area contributed by atoms with Crippen LogP contribution in [-0.4, -0.2) is 140 Å². The maximum absolute atomic E-state index is 16.8. The van der Waals surface area contributed by atoms with Gasteiger partial charge in [-0.1, -0.05) is 20.4 Å². The van der Waals surface area contributed by atoms with Crippen molar-refractivity contribution in [1.82, 2.24) is 30.7 Å². The summed E-state index contributed by atoms with van der Waals surface area (Å²) in [5.74, 6) is -1.07. The smallest absolute Gasteiger partial charge is 0.320 e. The molecule has 49 heavy (non-hydrogen) atoms. The Morgan fingerprint density at radius 3 is 2.55 bits per heavy atom. The molecule has 278 valence electrons. The van der Waals surface area contributed by atoms with Crippen LogP contribution in [0.2, 0.25) is 0 Å². The number of piperidine rings is 2. The Kier molecular flexibility index (Phi) is 11.9. The Balaban J connectivity index is 1.44. The average molecular weight is 695 g/mol. The van der Waals surface area contributed by atoms with Crippen molar-refractivity contribution in [3.05, 3.63) is 12.7 Å². The quantitative estimate of drug-likeness (QED) is 0.350. The first-order chi connectivity index (χ1) is 23.6. The molecule has 5 saturated heterocycles. The molecule has 2 bridgehead atoms. The second-order valence-electron chi connectivity index (χ2n) is 15.4. The normalized spacial score (nSPS) is 43.5. The fourth-order valence-corrected chi connectivity index (χ4v) is 10.2. The van der Waals surface area contributed by atoms with Crippen LogP contribution in [0.15, 0.2) is 12.7 Å². The van der Waals surface area contributed by atoms with Gasteiger partial charge in [-0.3, -0.25) is 15.0 Å². The number of hydrogen-bond acceptors (Lipinski definition) is 8. The van der Waals surface area contributed by atoms with Gasteiger partial charge in [0.2, 0.25) is 5.91 Å². The lowest BCUT2D eigenvalue weighted by Crippen LogP contribution is -2.80. The molecule has 0 aromatic heterocycles. The number of halogens is 2. The molecule has 0 spiro atoms. The summed E-state index contributed by atoms with van der Waals surface area (Å²) in [5.41, 5.74) is 0. The molecule has 0 aromatic rings. The van der Waals surface area contributed by atoms with E-state index in [0.29, 0.717) is 52.1 Å². The van der Waals surface area contributed by atoms with Crippen molar-refractivity contribution in [2.75, 3.05) is 46.0 Å². The van der Waals surface area contributed by atoms with Crippen LogP contribution < -0.4 is 16.0 Å². The fourth-order valence-electron chi connectivity index (χ4n) is 10.2. The molecule has 3 amide bonds. The van der Waals surface area contributed by atoms with Crippen molar-refractivity contribution in [3.8, 4) is 0 Å². The van der Waals surface area contributed by atoms with Gasteiger partial charge in [-0.2, -0.15) is 0 Å². The van der Waals surface area contributed by atoms with Crippen LogP contribution >= 0.6 is 0 Å². The number of fused-ring (bicyclic) bond motifs is 5. The minimum atomic E-state index is -1.34.